The monoisotopic (exact) mass is 264 g/mol. The van der Waals surface area contributed by atoms with E-state index in [9.17, 15) is 9.90 Å². The lowest BCUT2D eigenvalue weighted by Gasteiger charge is -2.18. The molecule has 2 unspecified atom stereocenters. The molecule has 2 heterocycles. The largest absolute Gasteiger partial charge is 0.393 e. The van der Waals surface area contributed by atoms with Crippen LogP contribution < -0.4 is 4.90 Å². The molecular weight excluding hydrogens is 244 g/mol. The molecule has 6 nitrogen and oxygen atoms in total. The molecule has 1 fully saturated rings. The van der Waals surface area contributed by atoms with Crippen molar-refractivity contribution in [1.82, 2.24) is 15.1 Å². The number of carbonyl (C=O) groups is 1. The lowest BCUT2D eigenvalue weighted by molar-refractivity contribution is 0.0821. The number of aliphatic hydroxyl groups excluding tert-OH is 1. The van der Waals surface area contributed by atoms with Gasteiger partial charge in [-0.2, -0.15) is 0 Å². The van der Waals surface area contributed by atoms with Gasteiger partial charge < -0.3 is 14.9 Å². The number of nitrogens with zero attached hydrogens (tertiary/aromatic N) is 4. The van der Waals surface area contributed by atoms with Gasteiger partial charge in [0.25, 0.3) is 5.91 Å². The molecule has 0 spiro atoms. The second kappa shape index (κ2) is 5.52. The van der Waals surface area contributed by atoms with E-state index in [1.807, 2.05) is 13.0 Å². The summed E-state index contributed by atoms with van der Waals surface area (Å²) in [7, 11) is 3.37. The molecular formula is C13H20N4O2. The lowest BCUT2D eigenvalue weighted by atomic mass is 10.0. The topological polar surface area (TPSA) is 69.6 Å². The number of hydrogen-bond acceptors (Lipinski definition) is 5. The number of anilines is 1. The van der Waals surface area contributed by atoms with E-state index < -0.39 is 0 Å². The SMILES string of the molecule is CC(O)C1CCN(c2ccc(C(=O)N(C)C)nn2)C1. The summed E-state index contributed by atoms with van der Waals surface area (Å²) in [6, 6.07) is 3.51. The van der Waals surface area contributed by atoms with Crippen LogP contribution >= 0.6 is 0 Å². The van der Waals surface area contributed by atoms with Crippen LogP contribution in [0.4, 0.5) is 5.82 Å². The first-order valence-electron chi connectivity index (χ1n) is 6.47. The highest BCUT2D eigenvalue weighted by Crippen LogP contribution is 2.23. The van der Waals surface area contributed by atoms with Crippen LogP contribution in [-0.4, -0.2) is 59.4 Å². The predicted molar refractivity (Wildman–Crippen MR) is 72.1 cm³/mol. The third-order valence-corrected chi connectivity index (χ3v) is 3.51. The highest BCUT2D eigenvalue weighted by molar-refractivity contribution is 5.91. The average Bonchev–Trinajstić information content (AvgIpc) is 2.87. The van der Waals surface area contributed by atoms with Crippen molar-refractivity contribution in [1.29, 1.82) is 0 Å². The van der Waals surface area contributed by atoms with Crippen LogP contribution in [0.1, 0.15) is 23.8 Å². The highest BCUT2D eigenvalue weighted by atomic mass is 16.3. The number of aliphatic hydroxyl groups is 1. The predicted octanol–water partition coefficient (Wildman–Crippen LogP) is 0.385. The van der Waals surface area contributed by atoms with Gasteiger partial charge in [-0.1, -0.05) is 0 Å². The zero-order valence-electron chi connectivity index (χ0n) is 11.6. The van der Waals surface area contributed by atoms with E-state index in [-0.39, 0.29) is 17.9 Å². The third kappa shape index (κ3) is 3.01. The van der Waals surface area contributed by atoms with Crippen LogP contribution in [-0.2, 0) is 0 Å². The summed E-state index contributed by atoms with van der Waals surface area (Å²) in [5.74, 6) is 0.894. The van der Waals surface area contributed by atoms with Gasteiger partial charge in [-0.15, -0.1) is 10.2 Å². The van der Waals surface area contributed by atoms with Crippen LogP contribution in [0, 0.1) is 5.92 Å². The molecule has 0 saturated carbocycles. The van der Waals surface area contributed by atoms with E-state index in [4.69, 9.17) is 0 Å². The molecule has 2 rings (SSSR count). The van der Waals surface area contributed by atoms with Gasteiger partial charge in [0.1, 0.15) is 0 Å². The van der Waals surface area contributed by atoms with Crippen molar-refractivity contribution in [3.8, 4) is 0 Å². The minimum atomic E-state index is -0.299. The van der Waals surface area contributed by atoms with Gasteiger partial charge in [0.15, 0.2) is 11.5 Å². The molecule has 0 aliphatic carbocycles. The lowest BCUT2D eigenvalue weighted by Crippen LogP contribution is -2.26. The van der Waals surface area contributed by atoms with Gasteiger partial charge in [0.2, 0.25) is 0 Å². The molecule has 0 radical (unpaired) electrons. The second-order valence-corrected chi connectivity index (χ2v) is 5.21. The minimum Gasteiger partial charge on any atom is -0.393 e. The molecule has 104 valence electrons. The molecule has 1 aliphatic heterocycles. The van der Waals surface area contributed by atoms with Crippen molar-refractivity contribution < 1.29 is 9.90 Å². The van der Waals surface area contributed by atoms with Crippen LogP contribution in [0.15, 0.2) is 12.1 Å². The van der Waals surface area contributed by atoms with Gasteiger partial charge in [-0.25, -0.2) is 0 Å². The van der Waals surface area contributed by atoms with Gasteiger partial charge in [-0.05, 0) is 25.5 Å². The zero-order valence-corrected chi connectivity index (χ0v) is 11.6. The molecule has 1 aliphatic rings. The molecule has 0 aromatic carbocycles. The Kier molecular flexibility index (Phi) is 3.99. The Bertz CT molecular complexity index is 444. The molecule has 1 aromatic rings. The summed E-state index contributed by atoms with van der Waals surface area (Å²) in [4.78, 5) is 15.3. The van der Waals surface area contributed by atoms with E-state index in [0.29, 0.717) is 5.69 Å². The van der Waals surface area contributed by atoms with Crippen LogP contribution in [0.5, 0.6) is 0 Å². The van der Waals surface area contributed by atoms with Gasteiger partial charge in [0.05, 0.1) is 6.10 Å². The number of hydrogen-bond donors (Lipinski definition) is 1. The fourth-order valence-electron chi connectivity index (χ4n) is 2.23. The van der Waals surface area contributed by atoms with Crippen LogP contribution in [0.2, 0.25) is 0 Å². The normalized spacial score (nSPS) is 20.4. The average molecular weight is 264 g/mol. The third-order valence-electron chi connectivity index (χ3n) is 3.51. The first-order chi connectivity index (χ1) is 8.99. The molecule has 1 saturated heterocycles. The first kappa shape index (κ1) is 13.7. The highest BCUT2D eigenvalue weighted by Gasteiger charge is 2.27. The molecule has 0 bridgehead atoms. The van der Waals surface area contributed by atoms with E-state index in [2.05, 4.69) is 15.1 Å². The Hall–Kier alpha value is -1.69. The summed E-state index contributed by atoms with van der Waals surface area (Å²) in [6.45, 7) is 3.47. The fourth-order valence-corrected chi connectivity index (χ4v) is 2.23. The van der Waals surface area contributed by atoms with Crippen molar-refractivity contribution in [2.75, 3.05) is 32.1 Å². The number of aromatic nitrogens is 2. The summed E-state index contributed by atoms with van der Waals surface area (Å²) >= 11 is 0. The Morgan fingerprint density at radius 2 is 2.21 bits per heavy atom. The van der Waals surface area contributed by atoms with Gasteiger partial charge in [0, 0.05) is 33.1 Å². The van der Waals surface area contributed by atoms with Gasteiger partial charge in [-0.3, -0.25) is 4.79 Å². The smallest absolute Gasteiger partial charge is 0.273 e. The van der Waals surface area contributed by atoms with E-state index in [0.717, 1.165) is 25.3 Å². The second-order valence-electron chi connectivity index (χ2n) is 5.21. The van der Waals surface area contributed by atoms with Crippen molar-refractivity contribution >= 4 is 11.7 Å². The molecule has 1 N–H and O–H groups in total. The fraction of sp³-hybridized carbons (Fsp3) is 0.615. The summed E-state index contributed by atoms with van der Waals surface area (Å²) in [6.07, 6.45) is 0.658. The van der Waals surface area contributed by atoms with Crippen LogP contribution in [0.3, 0.4) is 0 Å². The van der Waals surface area contributed by atoms with Gasteiger partial charge >= 0.3 is 0 Å². The molecule has 6 heteroatoms. The Labute approximate surface area is 113 Å². The van der Waals surface area contributed by atoms with Crippen molar-refractivity contribution in [3.63, 3.8) is 0 Å². The summed E-state index contributed by atoms with van der Waals surface area (Å²) in [5, 5.41) is 17.7. The van der Waals surface area contributed by atoms with E-state index in [1.165, 1.54) is 4.90 Å². The summed E-state index contributed by atoms with van der Waals surface area (Å²) < 4.78 is 0. The van der Waals surface area contributed by atoms with Crippen molar-refractivity contribution in [2.45, 2.75) is 19.4 Å². The zero-order chi connectivity index (χ0) is 14.0. The summed E-state index contributed by atoms with van der Waals surface area (Å²) in [5.41, 5.74) is 0.347. The van der Waals surface area contributed by atoms with Crippen molar-refractivity contribution in [3.05, 3.63) is 17.8 Å². The molecule has 2 atom stereocenters. The van der Waals surface area contributed by atoms with E-state index >= 15 is 0 Å². The maximum absolute atomic E-state index is 11.7. The van der Waals surface area contributed by atoms with Crippen molar-refractivity contribution in [2.24, 2.45) is 5.92 Å². The van der Waals surface area contributed by atoms with Crippen LogP contribution in [0.25, 0.3) is 0 Å². The Morgan fingerprint density at radius 3 is 2.68 bits per heavy atom. The molecule has 1 amide bonds. The quantitative estimate of drug-likeness (QED) is 0.855. The number of carbonyl (C=O) groups excluding carboxylic acids is 1. The van der Waals surface area contributed by atoms with E-state index in [1.54, 1.807) is 20.2 Å². The standard InChI is InChI=1S/C13H20N4O2/c1-9(18)10-6-7-17(8-10)12-5-4-11(14-15-12)13(19)16(2)3/h4-5,9-10,18H,6-8H2,1-3H3. The maximum Gasteiger partial charge on any atom is 0.273 e. The maximum atomic E-state index is 11.7. The molecule has 1 aromatic heterocycles. The number of amides is 1. The first-order valence-corrected chi connectivity index (χ1v) is 6.47. The molecule has 19 heavy (non-hydrogen) atoms. The minimum absolute atomic E-state index is 0.151. The Balaban J connectivity index is 2.05. The number of rotatable bonds is 3. The Morgan fingerprint density at radius 1 is 1.47 bits per heavy atom.